The first-order chi connectivity index (χ1) is 19.9. The van der Waals surface area contributed by atoms with Crippen LogP contribution in [0.2, 0.25) is 0 Å². The fourth-order valence-corrected chi connectivity index (χ4v) is 5.76. The Hall–Kier alpha value is -4.37. The number of aliphatic hydroxyl groups is 1. The van der Waals surface area contributed by atoms with Gasteiger partial charge in [0.15, 0.2) is 16.6 Å². The van der Waals surface area contributed by atoms with E-state index < -0.39 is 17.7 Å². The molecule has 1 aliphatic rings. The number of ether oxygens (including phenoxy) is 3. The molecule has 5 rings (SSSR count). The average molecular weight is 573 g/mol. The summed E-state index contributed by atoms with van der Waals surface area (Å²) in [4.78, 5) is 33.3. The van der Waals surface area contributed by atoms with Gasteiger partial charge in [0.05, 0.1) is 42.2 Å². The molecule has 1 aliphatic heterocycles. The molecule has 3 aromatic carbocycles. The number of hydrogen-bond donors (Lipinski definition) is 1. The highest BCUT2D eigenvalue weighted by molar-refractivity contribution is 7.22. The number of carbonyl (C=O) groups is 2. The number of nitrogens with zero attached hydrogens (tertiary/aromatic N) is 2. The minimum atomic E-state index is -0.942. The van der Waals surface area contributed by atoms with Gasteiger partial charge in [0.25, 0.3) is 5.78 Å². The summed E-state index contributed by atoms with van der Waals surface area (Å²) < 4.78 is 18.0. The summed E-state index contributed by atoms with van der Waals surface area (Å²) in [6, 6.07) is 17.0. The minimum absolute atomic E-state index is 0.0159. The zero-order chi connectivity index (χ0) is 29.1. The maximum absolute atomic E-state index is 13.7. The quantitative estimate of drug-likeness (QED) is 0.0964. The van der Waals surface area contributed by atoms with E-state index in [-0.39, 0.29) is 11.3 Å². The Bertz CT molecular complexity index is 1630. The Morgan fingerprint density at radius 1 is 1.00 bits per heavy atom. The summed E-state index contributed by atoms with van der Waals surface area (Å²) in [6.07, 6.45) is 1.89. The Morgan fingerprint density at radius 2 is 1.78 bits per heavy atom. The van der Waals surface area contributed by atoms with Crippen LogP contribution in [0.5, 0.6) is 17.2 Å². The third-order valence-electron chi connectivity index (χ3n) is 6.90. The highest BCUT2D eigenvalue weighted by atomic mass is 32.1. The molecule has 41 heavy (non-hydrogen) atoms. The molecule has 0 saturated carbocycles. The molecular formula is C32H32N2O6S. The second-order valence-corrected chi connectivity index (χ2v) is 10.7. The number of unbranched alkanes of at least 4 members (excludes halogenated alkanes) is 1. The van der Waals surface area contributed by atoms with E-state index in [9.17, 15) is 14.7 Å². The second kappa shape index (κ2) is 12.0. The Kier molecular flexibility index (Phi) is 8.26. The van der Waals surface area contributed by atoms with Crippen LogP contribution in [0.3, 0.4) is 0 Å². The summed E-state index contributed by atoms with van der Waals surface area (Å²) >= 11 is 1.27. The molecule has 1 fully saturated rings. The molecular weight excluding hydrogens is 540 g/mol. The van der Waals surface area contributed by atoms with Gasteiger partial charge in [-0.15, -0.1) is 0 Å². The summed E-state index contributed by atoms with van der Waals surface area (Å²) in [5.41, 5.74) is 2.68. The van der Waals surface area contributed by atoms with Gasteiger partial charge in [-0.1, -0.05) is 60.6 Å². The molecule has 0 bridgehead atoms. The molecule has 9 heteroatoms. The molecule has 1 atom stereocenters. The van der Waals surface area contributed by atoms with Crippen molar-refractivity contribution >= 4 is 44.1 Å². The molecule has 1 unspecified atom stereocenters. The van der Waals surface area contributed by atoms with Gasteiger partial charge in [-0.05, 0) is 56.2 Å². The second-order valence-electron chi connectivity index (χ2n) is 9.71. The van der Waals surface area contributed by atoms with Gasteiger partial charge < -0.3 is 19.3 Å². The van der Waals surface area contributed by atoms with E-state index >= 15 is 0 Å². The molecule has 0 radical (unpaired) electrons. The van der Waals surface area contributed by atoms with Gasteiger partial charge in [0.1, 0.15) is 11.5 Å². The van der Waals surface area contributed by atoms with Crippen molar-refractivity contribution in [3.05, 3.63) is 82.9 Å². The van der Waals surface area contributed by atoms with Gasteiger partial charge in [-0.25, -0.2) is 4.98 Å². The zero-order valence-corrected chi connectivity index (χ0v) is 24.3. The summed E-state index contributed by atoms with van der Waals surface area (Å²) in [5.74, 6) is -0.0738. The summed E-state index contributed by atoms with van der Waals surface area (Å²) in [7, 11) is 1.58. The van der Waals surface area contributed by atoms with Crippen LogP contribution in [0.4, 0.5) is 5.13 Å². The van der Waals surface area contributed by atoms with Crippen LogP contribution in [0, 0.1) is 6.92 Å². The third kappa shape index (κ3) is 5.50. The fourth-order valence-electron chi connectivity index (χ4n) is 4.74. The highest BCUT2D eigenvalue weighted by Crippen LogP contribution is 2.46. The number of amides is 1. The van der Waals surface area contributed by atoms with Crippen molar-refractivity contribution in [2.45, 2.75) is 39.7 Å². The van der Waals surface area contributed by atoms with Gasteiger partial charge in [0, 0.05) is 5.56 Å². The van der Waals surface area contributed by atoms with E-state index in [1.165, 1.54) is 16.2 Å². The number of hydrogen-bond acceptors (Lipinski definition) is 8. The lowest BCUT2D eigenvalue weighted by Gasteiger charge is -2.24. The zero-order valence-electron chi connectivity index (χ0n) is 23.5. The van der Waals surface area contributed by atoms with E-state index in [4.69, 9.17) is 19.2 Å². The van der Waals surface area contributed by atoms with Crippen LogP contribution in [0.15, 0.2) is 66.2 Å². The van der Waals surface area contributed by atoms with Crippen LogP contribution in [0.25, 0.3) is 16.0 Å². The number of carbonyl (C=O) groups excluding carboxylic acids is 2. The van der Waals surface area contributed by atoms with Crippen LogP contribution in [0.1, 0.15) is 49.4 Å². The Balaban J connectivity index is 1.68. The Morgan fingerprint density at radius 3 is 2.49 bits per heavy atom. The molecule has 0 aliphatic carbocycles. The van der Waals surface area contributed by atoms with Gasteiger partial charge in [0.2, 0.25) is 0 Å². The molecule has 2 heterocycles. The summed E-state index contributed by atoms with van der Waals surface area (Å²) in [6.45, 7) is 6.84. The first-order valence-corrected chi connectivity index (χ1v) is 14.4. The number of thiazole rings is 1. The predicted molar refractivity (Wildman–Crippen MR) is 160 cm³/mol. The monoisotopic (exact) mass is 572 g/mol. The number of rotatable bonds is 10. The summed E-state index contributed by atoms with van der Waals surface area (Å²) in [5, 5.41) is 11.8. The first-order valence-electron chi connectivity index (χ1n) is 13.6. The topological polar surface area (TPSA) is 98.2 Å². The standard InChI is InChI=1S/C32H32N2O6S/c1-5-7-16-40-24-15-12-21(17-25(24)39-6-2)28-27(29(35)20-10-8-19(3)9-11-20)30(36)31(37)34(28)32-33-23-14-13-22(38-4)18-26(23)41-32/h8-15,17-18,28,35H,5-7,16H2,1-4H3. The molecule has 1 aromatic heterocycles. The number of Topliss-reactive ketones (excluding diaryl/α,β-unsaturated/α-hetero) is 1. The largest absolute Gasteiger partial charge is 0.507 e. The molecule has 212 valence electrons. The van der Waals surface area contributed by atoms with Gasteiger partial charge >= 0.3 is 5.91 Å². The van der Waals surface area contributed by atoms with Crippen LogP contribution in [-0.2, 0) is 9.59 Å². The number of aromatic nitrogens is 1. The van der Waals surface area contributed by atoms with E-state index in [1.807, 2.05) is 38.1 Å². The van der Waals surface area contributed by atoms with Crippen LogP contribution in [-0.4, -0.2) is 42.1 Å². The number of aryl methyl sites for hydroxylation is 1. The van der Waals surface area contributed by atoms with E-state index in [0.717, 1.165) is 23.1 Å². The van der Waals surface area contributed by atoms with Crippen molar-refractivity contribution in [3.63, 3.8) is 0 Å². The van der Waals surface area contributed by atoms with E-state index in [2.05, 4.69) is 6.92 Å². The lowest BCUT2D eigenvalue weighted by Crippen LogP contribution is -2.29. The van der Waals surface area contributed by atoms with Gasteiger partial charge in [-0.2, -0.15) is 0 Å². The molecule has 4 aromatic rings. The van der Waals surface area contributed by atoms with E-state index in [0.29, 0.717) is 52.2 Å². The van der Waals surface area contributed by atoms with Crippen LogP contribution >= 0.6 is 11.3 Å². The smallest absolute Gasteiger partial charge is 0.301 e. The molecule has 1 N–H and O–H groups in total. The molecule has 1 amide bonds. The molecule has 1 saturated heterocycles. The number of fused-ring (bicyclic) bond motifs is 1. The van der Waals surface area contributed by atoms with Crippen molar-refractivity contribution in [2.24, 2.45) is 0 Å². The first kappa shape index (κ1) is 28.2. The predicted octanol–water partition coefficient (Wildman–Crippen LogP) is 6.82. The third-order valence-corrected chi connectivity index (χ3v) is 7.92. The number of methoxy groups -OCH3 is 1. The SMILES string of the molecule is CCCCOc1ccc(C2C(=C(O)c3ccc(C)cc3)C(=O)C(=O)N2c2nc3ccc(OC)cc3s2)cc1OCC. The number of aliphatic hydroxyl groups excluding tert-OH is 1. The van der Waals surface area contributed by atoms with Crippen LogP contribution < -0.4 is 19.1 Å². The lowest BCUT2D eigenvalue weighted by molar-refractivity contribution is -0.132. The normalized spacial score (nSPS) is 16.4. The lowest BCUT2D eigenvalue weighted by atomic mass is 9.95. The maximum atomic E-state index is 13.7. The molecule has 8 nitrogen and oxygen atoms in total. The van der Waals surface area contributed by atoms with Gasteiger partial charge in [-0.3, -0.25) is 14.5 Å². The molecule has 0 spiro atoms. The highest BCUT2D eigenvalue weighted by Gasteiger charge is 2.48. The number of ketones is 1. The van der Waals surface area contributed by atoms with Crippen molar-refractivity contribution in [2.75, 3.05) is 25.2 Å². The Labute approximate surface area is 242 Å². The van der Waals surface area contributed by atoms with Crippen molar-refractivity contribution in [1.82, 2.24) is 4.98 Å². The maximum Gasteiger partial charge on any atom is 0.301 e. The average Bonchev–Trinajstić information content (AvgIpc) is 3.51. The minimum Gasteiger partial charge on any atom is -0.507 e. The number of benzene rings is 3. The van der Waals surface area contributed by atoms with E-state index in [1.54, 1.807) is 43.5 Å². The van der Waals surface area contributed by atoms with Crippen molar-refractivity contribution in [3.8, 4) is 17.2 Å². The fraction of sp³-hybridized carbons (Fsp3) is 0.281. The van der Waals surface area contributed by atoms with Crippen molar-refractivity contribution in [1.29, 1.82) is 0 Å². The van der Waals surface area contributed by atoms with Crippen molar-refractivity contribution < 1.29 is 28.9 Å². The number of anilines is 1.